The van der Waals surface area contributed by atoms with Crippen LogP contribution in [0.4, 0.5) is 0 Å². The molecule has 0 saturated carbocycles. The lowest BCUT2D eigenvalue weighted by atomic mass is 10.1. The van der Waals surface area contributed by atoms with Crippen LogP contribution in [0.15, 0.2) is 0 Å². The summed E-state index contributed by atoms with van der Waals surface area (Å²) in [5.41, 5.74) is 22.6. The summed E-state index contributed by atoms with van der Waals surface area (Å²) in [6.07, 6.45) is 7.45. The van der Waals surface area contributed by atoms with Crippen molar-refractivity contribution < 1.29 is 9.59 Å². The Kier molecular flexibility index (Phi) is 15.2. The molecule has 3 unspecified atom stereocenters. The van der Waals surface area contributed by atoms with Crippen LogP contribution >= 0.6 is 0 Å². The molecular formula is C18H40N6O2. The van der Waals surface area contributed by atoms with E-state index in [1.54, 1.807) is 0 Å². The highest BCUT2D eigenvalue weighted by Crippen LogP contribution is 2.03. The molecule has 154 valence electrons. The highest BCUT2D eigenvalue weighted by atomic mass is 16.2. The maximum absolute atomic E-state index is 12.0. The molecule has 0 fully saturated rings. The minimum atomic E-state index is -0.468. The van der Waals surface area contributed by atoms with E-state index in [-0.39, 0.29) is 17.9 Å². The van der Waals surface area contributed by atoms with Gasteiger partial charge < -0.3 is 33.6 Å². The standard InChI is InChI=1S/C18H40N6O2/c1-14(24-18(26)16(22)10-3-6-12-20)8-4-7-13-23-17(25)15(21)9-2-5-11-19/h14-16H,2-13,19-22H2,1H3,(H,23,25)(H,24,26). The minimum Gasteiger partial charge on any atom is -0.355 e. The Bertz CT molecular complexity index is 381. The van der Waals surface area contributed by atoms with Crippen molar-refractivity contribution in [1.29, 1.82) is 0 Å². The quantitative estimate of drug-likeness (QED) is 0.204. The van der Waals surface area contributed by atoms with Crippen molar-refractivity contribution in [2.24, 2.45) is 22.9 Å². The van der Waals surface area contributed by atoms with Gasteiger partial charge in [-0.3, -0.25) is 9.59 Å². The van der Waals surface area contributed by atoms with Crippen LogP contribution in [-0.4, -0.2) is 49.6 Å². The van der Waals surface area contributed by atoms with E-state index in [9.17, 15) is 9.59 Å². The lowest BCUT2D eigenvalue weighted by Gasteiger charge is -2.17. The summed E-state index contributed by atoms with van der Waals surface area (Å²) >= 11 is 0. The summed E-state index contributed by atoms with van der Waals surface area (Å²) < 4.78 is 0. The first-order valence-corrected chi connectivity index (χ1v) is 9.91. The van der Waals surface area contributed by atoms with Crippen LogP contribution in [0, 0.1) is 0 Å². The Morgan fingerprint density at radius 3 is 1.81 bits per heavy atom. The van der Waals surface area contributed by atoms with Crippen molar-refractivity contribution in [3.8, 4) is 0 Å². The fraction of sp³-hybridized carbons (Fsp3) is 0.889. The number of carbonyl (C=O) groups is 2. The molecule has 2 amide bonds. The molecule has 0 saturated heterocycles. The topological polar surface area (TPSA) is 162 Å². The van der Waals surface area contributed by atoms with Gasteiger partial charge in [-0.25, -0.2) is 0 Å². The molecule has 8 nitrogen and oxygen atoms in total. The van der Waals surface area contributed by atoms with Gasteiger partial charge in [0.2, 0.25) is 11.8 Å². The van der Waals surface area contributed by atoms with Crippen molar-refractivity contribution in [1.82, 2.24) is 10.6 Å². The number of unbranched alkanes of at least 4 members (excludes halogenated alkanes) is 3. The summed E-state index contributed by atoms with van der Waals surface area (Å²) in [6.45, 7) is 3.82. The highest BCUT2D eigenvalue weighted by molar-refractivity contribution is 5.81. The molecule has 0 radical (unpaired) electrons. The zero-order valence-corrected chi connectivity index (χ0v) is 16.3. The van der Waals surface area contributed by atoms with E-state index >= 15 is 0 Å². The van der Waals surface area contributed by atoms with Crippen molar-refractivity contribution in [3.63, 3.8) is 0 Å². The van der Waals surface area contributed by atoms with Gasteiger partial charge in [-0.15, -0.1) is 0 Å². The first kappa shape index (κ1) is 24.8. The second-order valence-corrected chi connectivity index (χ2v) is 6.98. The van der Waals surface area contributed by atoms with Gasteiger partial charge in [0, 0.05) is 12.6 Å². The fourth-order valence-electron chi connectivity index (χ4n) is 2.62. The molecule has 10 N–H and O–H groups in total. The number of hydrogen-bond acceptors (Lipinski definition) is 6. The molecule has 0 aliphatic carbocycles. The lowest BCUT2D eigenvalue weighted by Crippen LogP contribution is -2.44. The molecule has 8 heteroatoms. The van der Waals surface area contributed by atoms with Gasteiger partial charge in [0.25, 0.3) is 0 Å². The van der Waals surface area contributed by atoms with E-state index in [2.05, 4.69) is 10.6 Å². The molecule has 0 bridgehead atoms. The number of nitrogens with one attached hydrogen (secondary N) is 2. The van der Waals surface area contributed by atoms with Crippen molar-refractivity contribution in [2.45, 2.75) is 82.8 Å². The number of nitrogens with two attached hydrogens (primary N) is 4. The molecule has 26 heavy (non-hydrogen) atoms. The molecule has 3 atom stereocenters. The van der Waals surface area contributed by atoms with Crippen molar-refractivity contribution >= 4 is 11.8 Å². The van der Waals surface area contributed by atoms with Crippen LogP contribution in [0.2, 0.25) is 0 Å². The minimum absolute atomic E-state index is 0.0669. The molecule has 0 aliphatic heterocycles. The second-order valence-electron chi connectivity index (χ2n) is 6.98. The molecule has 0 spiro atoms. The van der Waals surface area contributed by atoms with E-state index in [1.165, 1.54) is 0 Å². The molecule has 0 aromatic heterocycles. The Morgan fingerprint density at radius 2 is 1.27 bits per heavy atom. The summed E-state index contributed by atoms with van der Waals surface area (Å²) in [5.74, 6) is -0.210. The molecule has 0 aliphatic rings. The Hall–Kier alpha value is -1.22. The first-order valence-electron chi connectivity index (χ1n) is 9.91. The van der Waals surface area contributed by atoms with Crippen LogP contribution in [-0.2, 0) is 9.59 Å². The molecule has 0 heterocycles. The van der Waals surface area contributed by atoms with Gasteiger partial charge in [-0.05, 0) is 65.0 Å². The average Bonchev–Trinajstić information content (AvgIpc) is 2.61. The van der Waals surface area contributed by atoms with Crippen LogP contribution in [0.25, 0.3) is 0 Å². The van der Waals surface area contributed by atoms with Crippen LogP contribution < -0.4 is 33.6 Å². The monoisotopic (exact) mass is 372 g/mol. The van der Waals surface area contributed by atoms with E-state index in [0.717, 1.165) is 44.9 Å². The Morgan fingerprint density at radius 1 is 0.769 bits per heavy atom. The van der Waals surface area contributed by atoms with Crippen LogP contribution in [0.1, 0.15) is 64.7 Å². The van der Waals surface area contributed by atoms with Crippen LogP contribution in [0.5, 0.6) is 0 Å². The van der Waals surface area contributed by atoms with Gasteiger partial charge >= 0.3 is 0 Å². The van der Waals surface area contributed by atoms with Gasteiger partial charge in [0.05, 0.1) is 12.1 Å². The largest absolute Gasteiger partial charge is 0.355 e. The molecule has 0 aromatic carbocycles. The fourth-order valence-corrected chi connectivity index (χ4v) is 2.62. The first-order chi connectivity index (χ1) is 12.4. The third-order valence-corrected chi connectivity index (χ3v) is 4.36. The molecule has 0 rings (SSSR count). The van der Waals surface area contributed by atoms with Gasteiger partial charge in [-0.1, -0.05) is 12.8 Å². The Balaban J connectivity index is 3.73. The van der Waals surface area contributed by atoms with Crippen molar-refractivity contribution in [2.75, 3.05) is 19.6 Å². The third-order valence-electron chi connectivity index (χ3n) is 4.36. The predicted octanol–water partition coefficient (Wildman–Crippen LogP) is -0.310. The summed E-state index contributed by atoms with van der Waals surface area (Å²) in [4.78, 5) is 23.8. The maximum Gasteiger partial charge on any atom is 0.237 e. The maximum atomic E-state index is 12.0. The summed E-state index contributed by atoms with van der Waals surface area (Å²) in [7, 11) is 0. The normalized spacial score (nSPS) is 14.5. The Labute approximate surface area is 158 Å². The smallest absolute Gasteiger partial charge is 0.237 e. The predicted molar refractivity (Wildman–Crippen MR) is 106 cm³/mol. The number of amides is 2. The molecule has 0 aromatic rings. The number of hydrogen-bond donors (Lipinski definition) is 6. The van der Waals surface area contributed by atoms with E-state index in [1.807, 2.05) is 6.92 Å². The third kappa shape index (κ3) is 13.0. The second kappa shape index (κ2) is 16.0. The van der Waals surface area contributed by atoms with Gasteiger partial charge in [0.15, 0.2) is 0 Å². The van der Waals surface area contributed by atoms with Crippen LogP contribution in [0.3, 0.4) is 0 Å². The SMILES string of the molecule is CC(CCCCNC(=O)C(N)CCCCN)NC(=O)C(N)CCCCN. The summed E-state index contributed by atoms with van der Waals surface area (Å²) in [6, 6.07) is -0.859. The molecular weight excluding hydrogens is 332 g/mol. The zero-order chi connectivity index (χ0) is 19.8. The van der Waals surface area contributed by atoms with Crippen molar-refractivity contribution in [3.05, 3.63) is 0 Å². The van der Waals surface area contributed by atoms with Gasteiger partial charge in [-0.2, -0.15) is 0 Å². The van der Waals surface area contributed by atoms with Gasteiger partial charge in [0.1, 0.15) is 0 Å². The zero-order valence-electron chi connectivity index (χ0n) is 16.3. The summed E-state index contributed by atoms with van der Waals surface area (Å²) in [5, 5.41) is 5.80. The van der Waals surface area contributed by atoms with E-state index in [4.69, 9.17) is 22.9 Å². The van der Waals surface area contributed by atoms with E-state index < -0.39 is 12.1 Å². The highest BCUT2D eigenvalue weighted by Gasteiger charge is 2.15. The average molecular weight is 373 g/mol. The number of rotatable bonds is 16. The van der Waals surface area contributed by atoms with E-state index in [0.29, 0.717) is 32.5 Å². The lowest BCUT2D eigenvalue weighted by molar-refractivity contribution is -0.123. The number of carbonyl (C=O) groups excluding carboxylic acids is 2.